The topological polar surface area (TPSA) is 32.7 Å². The molecule has 22 heavy (non-hydrogen) atoms. The highest BCUT2D eigenvalue weighted by Crippen LogP contribution is 2.38. The molecule has 0 unspecified atom stereocenters. The Morgan fingerprint density at radius 3 is 2.73 bits per heavy atom. The van der Waals surface area contributed by atoms with Gasteiger partial charge in [-0.1, -0.05) is 25.1 Å². The Morgan fingerprint density at radius 2 is 2.05 bits per heavy atom. The summed E-state index contributed by atoms with van der Waals surface area (Å²) in [4.78, 5) is 2.29. The van der Waals surface area contributed by atoms with Crippen LogP contribution in [0.3, 0.4) is 0 Å². The van der Waals surface area contributed by atoms with Crippen LogP contribution in [-0.2, 0) is 11.3 Å². The van der Waals surface area contributed by atoms with Gasteiger partial charge in [-0.2, -0.15) is 0 Å². The number of halogens is 1. The van der Waals surface area contributed by atoms with E-state index in [-0.39, 0.29) is 23.6 Å². The van der Waals surface area contributed by atoms with Crippen LogP contribution >= 0.6 is 0 Å². The Balaban J connectivity index is 1.59. The van der Waals surface area contributed by atoms with Crippen molar-refractivity contribution in [1.82, 2.24) is 4.90 Å². The third-order valence-electron chi connectivity index (χ3n) is 5.13. The molecule has 1 aromatic rings. The summed E-state index contributed by atoms with van der Waals surface area (Å²) in [6, 6.07) is 6.99. The van der Waals surface area contributed by atoms with Crippen LogP contribution in [0.25, 0.3) is 0 Å². The van der Waals surface area contributed by atoms with E-state index >= 15 is 0 Å². The molecular weight excluding hydrogens is 281 g/mol. The molecule has 4 heteroatoms. The predicted octanol–water partition coefficient (Wildman–Crippen LogP) is 3.11. The third-order valence-corrected chi connectivity index (χ3v) is 5.13. The first-order chi connectivity index (χ1) is 10.6. The smallest absolute Gasteiger partial charge is 0.127 e. The molecule has 2 aliphatic heterocycles. The summed E-state index contributed by atoms with van der Waals surface area (Å²) in [5.41, 5.74) is 0.596. The minimum absolute atomic E-state index is 0.127. The molecule has 2 atom stereocenters. The van der Waals surface area contributed by atoms with E-state index in [2.05, 4.69) is 11.8 Å². The first-order valence-electron chi connectivity index (χ1n) is 8.42. The molecule has 0 bridgehead atoms. The van der Waals surface area contributed by atoms with Gasteiger partial charge in [-0.25, -0.2) is 4.39 Å². The number of rotatable bonds is 3. The van der Waals surface area contributed by atoms with E-state index in [4.69, 9.17) is 4.74 Å². The van der Waals surface area contributed by atoms with Gasteiger partial charge in [0, 0.05) is 31.6 Å². The average molecular weight is 307 g/mol. The van der Waals surface area contributed by atoms with Gasteiger partial charge in [-0.05, 0) is 31.7 Å². The second kappa shape index (κ2) is 6.65. The quantitative estimate of drug-likeness (QED) is 0.931. The maximum absolute atomic E-state index is 13.8. The summed E-state index contributed by atoms with van der Waals surface area (Å²) in [5.74, 6) is -0.127. The van der Waals surface area contributed by atoms with Gasteiger partial charge in [0.05, 0.1) is 17.8 Å². The van der Waals surface area contributed by atoms with Crippen molar-refractivity contribution in [2.75, 3.05) is 13.1 Å². The third kappa shape index (κ3) is 3.50. The number of piperidine rings is 1. The molecule has 2 fully saturated rings. The number of nitrogens with zero attached hydrogens (tertiary/aromatic N) is 1. The summed E-state index contributed by atoms with van der Waals surface area (Å²) in [6.45, 7) is 4.57. The molecule has 0 amide bonds. The standard InChI is InChI=1S/C18H26FNO2/c1-2-16-11-15(21)12-18(22-16)7-9-20(10-8-18)13-14-5-3-4-6-17(14)19/h3-6,15-16,21H,2,7-13H2,1H3/t15-,16+/m1/s1. The van der Waals surface area contributed by atoms with E-state index in [0.717, 1.165) is 50.8 Å². The second-order valence-electron chi connectivity index (χ2n) is 6.79. The van der Waals surface area contributed by atoms with Crippen LogP contribution in [0.15, 0.2) is 24.3 Å². The van der Waals surface area contributed by atoms with Crippen molar-refractivity contribution < 1.29 is 14.2 Å². The highest BCUT2D eigenvalue weighted by Gasteiger charge is 2.42. The lowest BCUT2D eigenvalue weighted by atomic mass is 9.81. The number of hydrogen-bond acceptors (Lipinski definition) is 3. The second-order valence-corrected chi connectivity index (χ2v) is 6.79. The highest BCUT2D eigenvalue weighted by molar-refractivity contribution is 5.17. The predicted molar refractivity (Wildman–Crippen MR) is 84.0 cm³/mol. The van der Waals surface area contributed by atoms with Crippen LogP contribution in [0, 0.1) is 5.82 Å². The molecule has 0 aromatic heterocycles. The number of likely N-dealkylation sites (tertiary alicyclic amines) is 1. The van der Waals surface area contributed by atoms with Gasteiger partial charge in [0.15, 0.2) is 0 Å². The fraction of sp³-hybridized carbons (Fsp3) is 0.667. The minimum Gasteiger partial charge on any atom is -0.393 e. The highest BCUT2D eigenvalue weighted by atomic mass is 19.1. The number of benzene rings is 1. The van der Waals surface area contributed by atoms with Crippen molar-refractivity contribution in [3.63, 3.8) is 0 Å². The molecule has 2 saturated heterocycles. The fourth-order valence-electron chi connectivity index (χ4n) is 3.82. The van der Waals surface area contributed by atoms with E-state index in [1.165, 1.54) is 6.07 Å². The van der Waals surface area contributed by atoms with Crippen LogP contribution in [0.5, 0.6) is 0 Å². The molecule has 1 spiro atoms. The van der Waals surface area contributed by atoms with Gasteiger partial charge in [0.25, 0.3) is 0 Å². The summed E-state index contributed by atoms with van der Waals surface area (Å²) in [6.07, 6.45) is 4.26. The monoisotopic (exact) mass is 307 g/mol. The van der Waals surface area contributed by atoms with Crippen molar-refractivity contribution >= 4 is 0 Å². The maximum Gasteiger partial charge on any atom is 0.127 e. The van der Waals surface area contributed by atoms with Gasteiger partial charge in [-0.15, -0.1) is 0 Å². The van der Waals surface area contributed by atoms with E-state index in [9.17, 15) is 9.50 Å². The number of aliphatic hydroxyl groups is 1. The maximum atomic E-state index is 13.8. The normalized spacial score (nSPS) is 28.9. The van der Waals surface area contributed by atoms with Crippen molar-refractivity contribution in [1.29, 1.82) is 0 Å². The summed E-state index contributed by atoms with van der Waals surface area (Å²) < 4.78 is 20.1. The van der Waals surface area contributed by atoms with E-state index < -0.39 is 0 Å². The first-order valence-corrected chi connectivity index (χ1v) is 8.42. The minimum atomic E-state index is -0.239. The SMILES string of the molecule is CC[C@H]1C[C@@H](O)CC2(CCN(Cc3ccccc3F)CC2)O1. The van der Waals surface area contributed by atoms with Crippen LogP contribution in [0.1, 0.15) is 44.6 Å². The molecule has 2 heterocycles. The summed E-state index contributed by atoms with van der Waals surface area (Å²) in [5, 5.41) is 10.1. The van der Waals surface area contributed by atoms with Gasteiger partial charge >= 0.3 is 0 Å². The number of hydrogen-bond donors (Lipinski definition) is 1. The number of aliphatic hydroxyl groups excluding tert-OH is 1. The van der Waals surface area contributed by atoms with E-state index in [0.29, 0.717) is 6.54 Å². The summed E-state index contributed by atoms with van der Waals surface area (Å²) in [7, 11) is 0. The average Bonchev–Trinajstić information content (AvgIpc) is 2.51. The van der Waals surface area contributed by atoms with Crippen molar-refractivity contribution in [2.45, 2.75) is 63.4 Å². The van der Waals surface area contributed by atoms with E-state index in [1.54, 1.807) is 6.07 Å². The zero-order chi connectivity index (χ0) is 15.6. The Kier molecular flexibility index (Phi) is 4.81. The Bertz CT molecular complexity index is 500. The zero-order valence-electron chi connectivity index (χ0n) is 13.3. The summed E-state index contributed by atoms with van der Waals surface area (Å²) >= 11 is 0. The molecule has 122 valence electrons. The van der Waals surface area contributed by atoms with Crippen LogP contribution in [-0.4, -0.2) is 40.9 Å². The molecule has 3 nitrogen and oxygen atoms in total. The lowest BCUT2D eigenvalue weighted by Crippen LogP contribution is -2.52. The molecule has 3 rings (SSSR count). The molecule has 0 aliphatic carbocycles. The molecule has 1 aromatic carbocycles. The Morgan fingerprint density at radius 1 is 1.32 bits per heavy atom. The Hall–Kier alpha value is -0.970. The van der Waals surface area contributed by atoms with Crippen molar-refractivity contribution in [2.24, 2.45) is 0 Å². The van der Waals surface area contributed by atoms with E-state index in [1.807, 2.05) is 12.1 Å². The van der Waals surface area contributed by atoms with Crippen LogP contribution in [0.2, 0.25) is 0 Å². The van der Waals surface area contributed by atoms with Crippen LogP contribution in [0.4, 0.5) is 4.39 Å². The van der Waals surface area contributed by atoms with Gasteiger partial charge in [0.1, 0.15) is 5.82 Å². The largest absolute Gasteiger partial charge is 0.393 e. The first kappa shape index (κ1) is 15.9. The Labute approximate surface area is 132 Å². The lowest BCUT2D eigenvalue weighted by Gasteiger charge is -2.48. The number of ether oxygens (including phenoxy) is 1. The molecule has 0 radical (unpaired) electrons. The van der Waals surface area contributed by atoms with Gasteiger partial charge in [0.2, 0.25) is 0 Å². The molecular formula is C18H26FNO2. The van der Waals surface area contributed by atoms with Crippen molar-refractivity contribution in [3.05, 3.63) is 35.6 Å². The molecule has 0 saturated carbocycles. The van der Waals surface area contributed by atoms with Gasteiger partial charge < -0.3 is 9.84 Å². The lowest BCUT2D eigenvalue weighted by molar-refractivity contribution is -0.182. The van der Waals surface area contributed by atoms with Crippen LogP contribution < -0.4 is 0 Å². The molecule has 1 N–H and O–H groups in total. The molecule has 2 aliphatic rings. The fourth-order valence-corrected chi connectivity index (χ4v) is 3.82. The zero-order valence-corrected chi connectivity index (χ0v) is 13.3. The van der Waals surface area contributed by atoms with Crippen molar-refractivity contribution in [3.8, 4) is 0 Å². The van der Waals surface area contributed by atoms with Gasteiger partial charge in [-0.3, -0.25) is 4.90 Å².